The van der Waals surface area contributed by atoms with Crippen LogP contribution in [0.2, 0.25) is 0 Å². The van der Waals surface area contributed by atoms with Crippen molar-refractivity contribution in [2.24, 2.45) is 5.92 Å². The van der Waals surface area contributed by atoms with Gasteiger partial charge in [0.25, 0.3) is 0 Å². The van der Waals surface area contributed by atoms with Gasteiger partial charge in [0.05, 0.1) is 12.1 Å². The van der Waals surface area contributed by atoms with E-state index in [1.807, 2.05) is 31.9 Å². The van der Waals surface area contributed by atoms with Crippen molar-refractivity contribution < 1.29 is 9.59 Å². The van der Waals surface area contributed by atoms with E-state index in [1.165, 1.54) is 5.56 Å². The Morgan fingerprint density at radius 3 is 2.86 bits per heavy atom. The Bertz CT molecular complexity index is 587. The Morgan fingerprint density at radius 1 is 1.41 bits per heavy atom. The molecule has 1 fully saturated rings. The molecule has 0 spiro atoms. The first-order chi connectivity index (χ1) is 10.3. The highest BCUT2D eigenvalue weighted by Crippen LogP contribution is 2.26. The minimum absolute atomic E-state index is 0.00747. The van der Waals surface area contributed by atoms with Crippen molar-refractivity contribution >= 4 is 11.8 Å². The van der Waals surface area contributed by atoms with Gasteiger partial charge in [0, 0.05) is 36.7 Å². The predicted molar refractivity (Wildman–Crippen MR) is 82.1 cm³/mol. The fourth-order valence-corrected chi connectivity index (χ4v) is 3.38. The second-order valence-electron chi connectivity index (χ2n) is 7.40. The number of amides is 2. The van der Waals surface area contributed by atoms with E-state index in [1.54, 1.807) is 0 Å². The molecule has 2 aliphatic rings. The number of fused-ring (bicyclic) bond motifs is 1. The van der Waals surface area contributed by atoms with Crippen molar-refractivity contribution in [1.82, 2.24) is 20.4 Å². The van der Waals surface area contributed by atoms with E-state index in [0.29, 0.717) is 13.0 Å². The number of H-pyrrole nitrogens is 1. The maximum absolute atomic E-state index is 12.5. The van der Waals surface area contributed by atoms with Crippen LogP contribution in [0, 0.1) is 5.92 Å². The van der Waals surface area contributed by atoms with Gasteiger partial charge in [-0.15, -0.1) is 0 Å². The number of hydrogen-bond donors (Lipinski definition) is 2. The molecule has 0 saturated carbocycles. The van der Waals surface area contributed by atoms with Crippen LogP contribution >= 0.6 is 0 Å². The van der Waals surface area contributed by atoms with Crippen molar-refractivity contribution in [2.45, 2.75) is 58.0 Å². The van der Waals surface area contributed by atoms with E-state index < -0.39 is 0 Å². The van der Waals surface area contributed by atoms with Crippen molar-refractivity contribution in [1.29, 1.82) is 0 Å². The third-order valence-corrected chi connectivity index (χ3v) is 4.67. The molecule has 1 aliphatic heterocycles. The normalized spacial score (nSPS) is 25.2. The number of nitrogens with one attached hydrogen (secondary N) is 2. The molecule has 2 N–H and O–H groups in total. The van der Waals surface area contributed by atoms with Gasteiger partial charge >= 0.3 is 0 Å². The van der Waals surface area contributed by atoms with Crippen molar-refractivity contribution in [3.63, 3.8) is 0 Å². The summed E-state index contributed by atoms with van der Waals surface area (Å²) in [7, 11) is 0. The van der Waals surface area contributed by atoms with Crippen molar-refractivity contribution in [3.8, 4) is 0 Å². The maximum atomic E-state index is 12.5. The average molecular weight is 304 g/mol. The quantitative estimate of drug-likeness (QED) is 0.856. The summed E-state index contributed by atoms with van der Waals surface area (Å²) in [6.45, 7) is 6.54. The lowest BCUT2D eigenvalue weighted by molar-refractivity contribution is -0.132. The van der Waals surface area contributed by atoms with Gasteiger partial charge in [-0.05, 0) is 39.2 Å². The third kappa shape index (κ3) is 2.87. The Labute approximate surface area is 130 Å². The van der Waals surface area contributed by atoms with Crippen LogP contribution < -0.4 is 5.32 Å². The number of rotatable bonds is 2. The van der Waals surface area contributed by atoms with Gasteiger partial charge in [-0.3, -0.25) is 14.7 Å². The summed E-state index contributed by atoms with van der Waals surface area (Å²) in [6.07, 6.45) is 4.86. The molecule has 1 aromatic heterocycles. The van der Waals surface area contributed by atoms with Crippen LogP contribution in [0.4, 0.5) is 0 Å². The van der Waals surface area contributed by atoms with Gasteiger partial charge in [-0.2, -0.15) is 5.10 Å². The molecule has 3 rings (SSSR count). The molecule has 0 bridgehead atoms. The first-order valence-electron chi connectivity index (χ1n) is 7.96. The monoisotopic (exact) mass is 304 g/mol. The highest BCUT2D eigenvalue weighted by Gasteiger charge is 2.39. The van der Waals surface area contributed by atoms with Crippen LogP contribution in [-0.4, -0.2) is 45.0 Å². The molecular formula is C16H24N4O2. The zero-order chi connectivity index (χ0) is 15.9. The van der Waals surface area contributed by atoms with Crippen LogP contribution in [0.25, 0.3) is 0 Å². The van der Waals surface area contributed by atoms with Gasteiger partial charge in [-0.25, -0.2) is 0 Å². The first-order valence-corrected chi connectivity index (χ1v) is 7.96. The van der Waals surface area contributed by atoms with Crippen LogP contribution in [-0.2, 0) is 22.4 Å². The second kappa shape index (κ2) is 5.41. The Hall–Kier alpha value is -1.85. The zero-order valence-electron chi connectivity index (χ0n) is 13.5. The lowest BCUT2D eigenvalue weighted by Gasteiger charge is -2.32. The summed E-state index contributed by atoms with van der Waals surface area (Å²) in [4.78, 5) is 26.4. The molecule has 120 valence electrons. The van der Waals surface area contributed by atoms with Crippen molar-refractivity contribution in [3.05, 3.63) is 17.5 Å². The molecule has 2 heterocycles. The highest BCUT2D eigenvalue weighted by molar-refractivity contribution is 5.89. The molecule has 2 atom stereocenters. The minimum atomic E-state index is -0.227. The molecule has 1 saturated heterocycles. The van der Waals surface area contributed by atoms with E-state index in [0.717, 1.165) is 25.0 Å². The molecule has 22 heavy (non-hydrogen) atoms. The lowest BCUT2D eigenvalue weighted by atomic mass is 9.93. The molecule has 6 heteroatoms. The molecule has 2 amide bonds. The molecule has 1 aromatic rings. The first kappa shape index (κ1) is 15.1. The zero-order valence-corrected chi connectivity index (χ0v) is 13.5. The van der Waals surface area contributed by atoms with Crippen LogP contribution in [0.15, 0.2) is 6.20 Å². The predicted octanol–water partition coefficient (Wildman–Crippen LogP) is 1.03. The number of carbonyl (C=O) groups excluding carboxylic acids is 2. The topological polar surface area (TPSA) is 78.1 Å². The molecular weight excluding hydrogens is 280 g/mol. The highest BCUT2D eigenvalue weighted by atomic mass is 16.2. The van der Waals surface area contributed by atoms with E-state index in [2.05, 4.69) is 15.5 Å². The van der Waals surface area contributed by atoms with Gasteiger partial charge in [0.15, 0.2) is 0 Å². The maximum Gasteiger partial charge on any atom is 0.225 e. The van der Waals surface area contributed by atoms with E-state index in [4.69, 9.17) is 0 Å². The Kier molecular flexibility index (Phi) is 3.70. The van der Waals surface area contributed by atoms with Gasteiger partial charge in [0.2, 0.25) is 11.8 Å². The molecule has 2 unspecified atom stereocenters. The summed E-state index contributed by atoms with van der Waals surface area (Å²) in [5, 5.41) is 10.2. The number of likely N-dealkylation sites (tertiary alicyclic amines) is 1. The van der Waals surface area contributed by atoms with Gasteiger partial charge in [-0.1, -0.05) is 0 Å². The number of carbonyl (C=O) groups is 2. The molecule has 1 aliphatic carbocycles. The summed E-state index contributed by atoms with van der Waals surface area (Å²) < 4.78 is 0. The molecule has 0 radical (unpaired) electrons. The minimum Gasteiger partial charge on any atom is -0.353 e. The SMILES string of the molecule is CC(C)(C)N1CC(C(=O)NC2CCc3cn[nH]c3C2)CC1=O. The number of aromatic amines is 1. The molecule has 6 nitrogen and oxygen atoms in total. The standard InChI is InChI=1S/C16H24N4O2/c1-16(2,3)20-9-11(6-14(20)21)15(22)18-12-5-4-10-8-17-19-13(10)7-12/h8,11-12H,4-7,9H2,1-3H3,(H,17,19)(H,18,22). The van der Waals surface area contributed by atoms with Crippen LogP contribution in [0.1, 0.15) is 44.9 Å². The number of nitrogens with zero attached hydrogens (tertiary/aromatic N) is 2. The molecule has 0 aromatic carbocycles. The van der Waals surface area contributed by atoms with Gasteiger partial charge < -0.3 is 10.2 Å². The van der Waals surface area contributed by atoms with Crippen LogP contribution in [0.5, 0.6) is 0 Å². The summed E-state index contributed by atoms with van der Waals surface area (Å²) in [6, 6.07) is 0.138. The number of aryl methyl sites for hydroxylation is 1. The third-order valence-electron chi connectivity index (χ3n) is 4.67. The fourth-order valence-electron chi connectivity index (χ4n) is 3.38. The second-order valence-corrected chi connectivity index (χ2v) is 7.40. The summed E-state index contributed by atoms with van der Waals surface area (Å²) in [5.41, 5.74) is 2.15. The smallest absolute Gasteiger partial charge is 0.225 e. The number of hydrogen-bond acceptors (Lipinski definition) is 3. The van der Waals surface area contributed by atoms with Crippen molar-refractivity contribution in [2.75, 3.05) is 6.54 Å². The van der Waals surface area contributed by atoms with Gasteiger partial charge in [0.1, 0.15) is 0 Å². The lowest BCUT2D eigenvalue weighted by Crippen LogP contribution is -2.45. The van der Waals surface area contributed by atoms with E-state index >= 15 is 0 Å². The van der Waals surface area contributed by atoms with E-state index in [-0.39, 0.29) is 29.3 Å². The summed E-state index contributed by atoms with van der Waals surface area (Å²) in [5.74, 6) is -0.143. The van der Waals surface area contributed by atoms with Crippen LogP contribution in [0.3, 0.4) is 0 Å². The largest absolute Gasteiger partial charge is 0.353 e. The fraction of sp³-hybridized carbons (Fsp3) is 0.688. The number of aromatic nitrogens is 2. The van der Waals surface area contributed by atoms with E-state index in [9.17, 15) is 9.59 Å². The Balaban J connectivity index is 1.59. The Morgan fingerprint density at radius 2 is 2.18 bits per heavy atom. The summed E-state index contributed by atoms with van der Waals surface area (Å²) >= 11 is 0. The average Bonchev–Trinajstić information content (AvgIpc) is 3.03.